The number of anilines is 1. The van der Waals surface area contributed by atoms with E-state index in [9.17, 15) is 9.18 Å². The first-order valence-corrected chi connectivity index (χ1v) is 9.22. The van der Waals surface area contributed by atoms with Crippen LogP contribution in [0.2, 0.25) is 0 Å². The van der Waals surface area contributed by atoms with Crippen LogP contribution in [-0.2, 0) is 16.0 Å². The van der Waals surface area contributed by atoms with Gasteiger partial charge in [-0.2, -0.15) is 0 Å². The Morgan fingerprint density at radius 1 is 1.25 bits per heavy atom. The van der Waals surface area contributed by atoms with Gasteiger partial charge in [0.15, 0.2) is 0 Å². The predicted octanol–water partition coefficient (Wildman–Crippen LogP) is 3.70. The van der Waals surface area contributed by atoms with Crippen molar-refractivity contribution in [2.45, 2.75) is 32.3 Å². The minimum atomic E-state index is -0.660. The summed E-state index contributed by atoms with van der Waals surface area (Å²) in [5, 5.41) is 11.7. The molecule has 2 N–H and O–H groups in total. The average molecular weight is 380 g/mol. The van der Waals surface area contributed by atoms with Gasteiger partial charge in [-0.25, -0.2) is 4.39 Å². The zero-order valence-electron chi connectivity index (χ0n) is 15.8. The highest BCUT2D eigenvalue weighted by Crippen LogP contribution is 2.44. The number of hydrogen-bond acceptors (Lipinski definition) is 4. The molecule has 5 nitrogen and oxygen atoms in total. The Hall–Kier alpha value is -2.99. The van der Waals surface area contributed by atoms with Gasteiger partial charge in [0.2, 0.25) is 0 Å². The Balaban J connectivity index is 1.74. The third kappa shape index (κ3) is 3.20. The van der Waals surface area contributed by atoms with Gasteiger partial charge in [0, 0.05) is 40.9 Å². The van der Waals surface area contributed by atoms with Gasteiger partial charge in [-0.15, -0.1) is 0 Å². The number of nitrogens with one attached hydrogen (secondary N) is 1. The van der Waals surface area contributed by atoms with Gasteiger partial charge >= 0.3 is 0 Å². The lowest BCUT2D eigenvalue weighted by Crippen LogP contribution is -2.21. The first-order valence-electron chi connectivity index (χ1n) is 9.22. The van der Waals surface area contributed by atoms with Gasteiger partial charge in [0.05, 0.1) is 5.57 Å². The second-order valence-corrected chi connectivity index (χ2v) is 7.42. The number of aryl methyl sites for hydroxylation is 1. The van der Waals surface area contributed by atoms with Gasteiger partial charge in [0.25, 0.3) is 5.91 Å². The van der Waals surface area contributed by atoms with Crippen molar-refractivity contribution in [2.75, 3.05) is 11.9 Å². The lowest BCUT2D eigenvalue weighted by Gasteiger charge is -2.23. The number of hydrogen-bond donors (Lipinski definition) is 2. The second-order valence-electron chi connectivity index (χ2n) is 7.42. The van der Waals surface area contributed by atoms with Gasteiger partial charge < -0.3 is 15.2 Å². The highest BCUT2D eigenvalue weighted by Gasteiger charge is 2.38. The molecule has 4 rings (SSSR count). The Morgan fingerprint density at radius 2 is 2.07 bits per heavy atom. The average Bonchev–Trinajstić information content (AvgIpc) is 3.15. The minimum Gasteiger partial charge on any atom is -0.482 e. The Bertz CT molecular complexity index is 1010. The van der Waals surface area contributed by atoms with Gasteiger partial charge in [-0.05, 0) is 57.0 Å². The fraction of sp³-hybridized carbons (Fsp3) is 0.273. The highest BCUT2D eigenvalue weighted by molar-refractivity contribution is 6.32. The molecule has 0 atom stereocenters. The number of halogens is 1. The number of aromatic nitrogens is 1. The van der Waals surface area contributed by atoms with E-state index in [4.69, 9.17) is 9.84 Å². The van der Waals surface area contributed by atoms with Crippen molar-refractivity contribution in [3.63, 3.8) is 0 Å². The summed E-state index contributed by atoms with van der Waals surface area (Å²) in [6.07, 6.45) is 5.00. The zero-order valence-corrected chi connectivity index (χ0v) is 15.8. The molecule has 2 aromatic rings. The zero-order chi connectivity index (χ0) is 19.9. The molecule has 0 bridgehead atoms. The van der Waals surface area contributed by atoms with Crippen LogP contribution in [0.3, 0.4) is 0 Å². The number of rotatable bonds is 4. The molecule has 6 heteroatoms. The van der Waals surface area contributed by atoms with Crippen LogP contribution in [-0.4, -0.2) is 28.2 Å². The quantitative estimate of drug-likeness (QED) is 0.794. The van der Waals surface area contributed by atoms with Crippen molar-refractivity contribution in [1.29, 1.82) is 0 Å². The maximum absolute atomic E-state index is 13.7. The van der Waals surface area contributed by atoms with Crippen molar-refractivity contribution >= 4 is 22.7 Å². The summed E-state index contributed by atoms with van der Waals surface area (Å²) in [4.78, 5) is 17.0. The fourth-order valence-electron chi connectivity index (χ4n) is 3.59. The molecule has 1 aromatic heterocycles. The number of aliphatic hydroxyl groups excluding tert-OH is 1. The van der Waals surface area contributed by atoms with Crippen LogP contribution in [0.1, 0.15) is 37.1 Å². The maximum atomic E-state index is 13.7. The number of nitrogens with zero attached hydrogens (tertiary/aromatic N) is 1. The molecule has 3 heterocycles. The summed E-state index contributed by atoms with van der Waals surface area (Å²) in [5.74, 6) is -0.287. The van der Waals surface area contributed by atoms with Crippen molar-refractivity contribution in [1.82, 2.24) is 4.98 Å². The summed E-state index contributed by atoms with van der Waals surface area (Å²) in [6.45, 7) is 3.98. The topological polar surface area (TPSA) is 71.5 Å². The summed E-state index contributed by atoms with van der Waals surface area (Å²) in [5.41, 5.74) is 3.46. The number of aliphatic hydroxyl groups is 1. The molecule has 0 saturated heterocycles. The second kappa shape index (κ2) is 6.87. The molecule has 0 fully saturated rings. The van der Waals surface area contributed by atoms with Crippen molar-refractivity contribution in [2.24, 2.45) is 0 Å². The number of allylic oxidation sites excluding steroid dienone is 1. The van der Waals surface area contributed by atoms with E-state index < -0.39 is 11.4 Å². The normalized spacial score (nSPS) is 19.9. The number of benzene rings is 1. The standard InChI is InChI=1S/C22H21FN2O3/c1-22(2)17(13-5-7-15(24-12-13)4-3-9-26)11-19(28-22)20-16-10-14(23)6-8-18(16)25-21(20)27/h5-8,10-12,26H,3-4,9H2,1-2H3,(H,25,27)/b20-19+. The third-order valence-electron chi connectivity index (χ3n) is 4.99. The van der Waals surface area contributed by atoms with Crippen LogP contribution in [0.4, 0.5) is 10.1 Å². The molecule has 144 valence electrons. The Kier molecular flexibility index (Phi) is 4.51. The van der Waals surface area contributed by atoms with E-state index in [-0.39, 0.29) is 12.5 Å². The number of fused-ring (bicyclic) bond motifs is 1. The van der Waals surface area contributed by atoms with E-state index in [1.165, 1.54) is 12.1 Å². The first kappa shape index (κ1) is 18.4. The number of amides is 1. The van der Waals surface area contributed by atoms with E-state index in [0.29, 0.717) is 35.4 Å². The molecule has 1 amide bonds. The van der Waals surface area contributed by atoms with Crippen LogP contribution >= 0.6 is 0 Å². The minimum absolute atomic E-state index is 0.135. The molecule has 0 radical (unpaired) electrons. The van der Waals surface area contributed by atoms with Gasteiger partial charge in [-0.3, -0.25) is 9.78 Å². The summed E-state index contributed by atoms with van der Waals surface area (Å²) in [7, 11) is 0. The van der Waals surface area contributed by atoms with Gasteiger partial charge in [-0.1, -0.05) is 6.07 Å². The number of carbonyl (C=O) groups is 1. The first-order chi connectivity index (χ1) is 13.4. The summed E-state index contributed by atoms with van der Waals surface area (Å²) < 4.78 is 19.8. The van der Waals surface area contributed by atoms with Crippen LogP contribution in [0.5, 0.6) is 0 Å². The van der Waals surface area contributed by atoms with Crippen LogP contribution in [0, 0.1) is 5.82 Å². The number of pyridine rings is 1. The Labute approximate surface area is 162 Å². The van der Waals surface area contributed by atoms with Crippen LogP contribution in [0.15, 0.2) is 48.4 Å². The monoisotopic (exact) mass is 380 g/mol. The molecular weight excluding hydrogens is 359 g/mol. The number of carbonyl (C=O) groups excluding carboxylic acids is 1. The predicted molar refractivity (Wildman–Crippen MR) is 105 cm³/mol. The van der Waals surface area contributed by atoms with Crippen molar-refractivity contribution in [3.05, 3.63) is 71.0 Å². The van der Waals surface area contributed by atoms with Gasteiger partial charge in [0.1, 0.15) is 17.2 Å². The van der Waals surface area contributed by atoms with Crippen molar-refractivity contribution < 1.29 is 19.0 Å². The molecule has 0 saturated carbocycles. The van der Waals surface area contributed by atoms with E-state index in [1.54, 1.807) is 12.3 Å². The maximum Gasteiger partial charge on any atom is 0.260 e. The van der Waals surface area contributed by atoms with E-state index in [2.05, 4.69) is 10.3 Å². The smallest absolute Gasteiger partial charge is 0.260 e. The molecule has 0 aliphatic carbocycles. The molecular formula is C22H21FN2O3. The molecule has 1 aromatic carbocycles. The largest absolute Gasteiger partial charge is 0.482 e. The molecule has 0 unspecified atom stereocenters. The fourth-order valence-corrected chi connectivity index (χ4v) is 3.59. The number of ether oxygens (including phenoxy) is 1. The SMILES string of the molecule is CC1(C)O/C(=C2/C(=O)Nc3ccc(F)cc32)C=C1c1ccc(CCCO)nc1. The molecule has 0 spiro atoms. The summed E-state index contributed by atoms with van der Waals surface area (Å²) >= 11 is 0. The van der Waals surface area contributed by atoms with Crippen LogP contribution < -0.4 is 5.32 Å². The summed E-state index contributed by atoms with van der Waals surface area (Å²) in [6, 6.07) is 8.11. The van der Waals surface area contributed by atoms with E-state index >= 15 is 0 Å². The third-order valence-corrected chi connectivity index (χ3v) is 4.99. The lowest BCUT2D eigenvalue weighted by molar-refractivity contribution is -0.111. The van der Waals surface area contributed by atoms with E-state index in [0.717, 1.165) is 16.8 Å². The lowest BCUT2D eigenvalue weighted by atomic mass is 9.93. The van der Waals surface area contributed by atoms with Crippen LogP contribution in [0.25, 0.3) is 11.1 Å². The van der Waals surface area contributed by atoms with E-state index in [1.807, 2.05) is 32.1 Å². The van der Waals surface area contributed by atoms with Crippen molar-refractivity contribution in [3.8, 4) is 0 Å². The Morgan fingerprint density at radius 3 is 2.79 bits per heavy atom. The molecule has 2 aliphatic heterocycles. The molecule has 2 aliphatic rings. The highest BCUT2D eigenvalue weighted by atomic mass is 19.1. The molecule has 28 heavy (non-hydrogen) atoms.